The molecule has 0 radical (unpaired) electrons. The van der Waals surface area contributed by atoms with Crippen molar-refractivity contribution in [3.05, 3.63) is 47.9 Å². The Morgan fingerprint density at radius 2 is 2.09 bits per heavy atom. The van der Waals surface area contributed by atoms with Crippen molar-refractivity contribution in [2.45, 2.75) is 26.4 Å². The van der Waals surface area contributed by atoms with Crippen LogP contribution in [0.4, 0.5) is 0 Å². The van der Waals surface area contributed by atoms with E-state index in [1.54, 1.807) is 39.2 Å². The first-order chi connectivity index (χ1) is 10.2. The highest BCUT2D eigenvalue weighted by Crippen LogP contribution is 2.19. The van der Waals surface area contributed by atoms with Gasteiger partial charge in [0.1, 0.15) is 17.2 Å². The number of ether oxygens (including phenoxy) is 1. The molecule has 0 aliphatic rings. The average molecular weight is 299 g/mol. The molecule has 0 saturated carbocycles. The number of carbonyl (C=O) groups excluding carboxylic acids is 1. The lowest BCUT2D eigenvalue weighted by Crippen LogP contribution is -2.24. The minimum atomic E-state index is -0.646. The third-order valence-electron chi connectivity index (χ3n) is 2.43. The fourth-order valence-electron chi connectivity index (χ4n) is 1.63. The summed E-state index contributed by atoms with van der Waals surface area (Å²) in [6, 6.07) is 5.57. The van der Waals surface area contributed by atoms with Crippen LogP contribution in [-0.2, 0) is 9.53 Å². The quantitative estimate of drug-likeness (QED) is 0.370. The lowest BCUT2D eigenvalue weighted by molar-refractivity contribution is -0.149. The molecule has 0 amide bonds. The summed E-state index contributed by atoms with van der Waals surface area (Å²) in [6.07, 6.45) is 6.68. The Labute approximate surface area is 131 Å². The first-order valence-electron chi connectivity index (χ1n) is 6.87. The van der Waals surface area contributed by atoms with Crippen LogP contribution in [0.3, 0.4) is 0 Å². The second-order valence-electron chi connectivity index (χ2n) is 5.96. The number of pyridine rings is 1. The molecule has 0 fully saturated rings. The second-order valence-corrected chi connectivity index (χ2v) is 5.96. The molecule has 1 heterocycles. The van der Waals surface area contributed by atoms with Gasteiger partial charge in [-0.25, -0.2) is 4.79 Å². The highest BCUT2D eigenvalue weighted by Gasteiger charge is 2.20. The fraction of sp³-hybridized carbons (Fsp3) is 0.353. The van der Waals surface area contributed by atoms with Gasteiger partial charge < -0.3 is 9.64 Å². The van der Waals surface area contributed by atoms with E-state index in [4.69, 9.17) is 4.74 Å². The summed E-state index contributed by atoms with van der Waals surface area (Å²) in [5, 5.41) is 9.25. The van der Waals surface area contributed by atoms with Gasteiger partial charge in [0.05, 0.1) is 0 Å². The lowest BCUT2D eigenvalue weighted by atomic mass is 10.1. The number of hydrogen-bond donors (Lipinski definition) is 0. The molecule has 116 valence electrons. The van der Waals surface area contributed by atoms with Crippen LogP contribution in [0.15, 0.2) is 42.4 Å². The number of carbonyl (C=O) groups is 1. The van der Waals surface area contributed by atoms with Gasteiger partial charge in [-0.3, -0.25) is 4.98 Å². The molecule has 0 N–H and O–H groups in total. The van der Waals surface area contributed by atoms with Crippen molar-refractivity contribution in [3.63, 3.8) is 0 Å². The Balaban J connectivity index is 3.20. The molecule has 5 heteroatoms. The molecule has 1 rings (SSSR count). The highest BCUT2D eigenvalue weighted by molar-refractivity contribution is 5.96. The van der Waals surface area contributed by atoms with Gasteiger partial charge in [0.25, 0.3) is 0 Å². The average Bonchev–Trinajstić information content (AvgIpc) is 2.41. The first kappa shape index (κ1) is 17.4. The summed E-state index contributed by atoms with van der Waals surface area (Å²) < 4.78 is 5.25. The fourth-order valence-corrected chi connectivity index (χ4v) is 1.63. The van der Waals surface area contributed by atoms with Crippen molar-refractivity contribution in [1.82, 2.24) is 9.88 Å². The number of nitrogens with zero attached hydrogens (tertiary/aromatic N) is 3. The van der Waals surface area contributed by atoms with Crippen molar-refractivity contribution in [3.8, 4) is 6.07 Å². The van der Waals surface area contributed by atoms with Crippen molar-refractivity contribution < 1.29 is 9.53 Å². The molecule has 0 bridgehead atoms. The van der Waals surface area contributed by atoms with Crippen molar-refractivity contribution >= 4 is 11.5 Å². The number of rotatable bonds is 4. The molecule has 0 aliphatic carbocycles. The van der Waals surface area contributed by atoms with Crippen LogP contribution in [0.25, 0.3) is 5.57 Å². The Hall–Kier alpha value is -2.61. The maximum atomic E-state index is 12.1. The van der Waals surface area contributed by atoms with Crippen LogP contribution in [0.2, 0.25) is 0 Å². The third kappa shape index (κ3) is 5.80. The molecule has 0 unspecified atom stereocenters. The van der Waals surface area contributed by atoms with Gasteiger partial charge in [0, 0.05) is 43.8 Å². The minimum absolute atomic E-state index is 0.0492. The number of allylic oxidation sites excluding steroid dienone is 2. The zero-order chi connectivity index (χ0) is 16.8. The van der Waals surface area contributed by atoms with Gasteiger partial charge in [0.2, 0.25) is 0 Å². The van der Waals surface area contributed by atoms with Gasteiger partial charge >= 0.3 is 5.97 Å². The van der Waals surface area contributed by atoms with E-state index in [9.17, 15) is 10.1 Å². The van der Waals surface area contributed by atoms with E-state index < -0.39 is 11.6 Å². The van der Waals surface area contributed by atoms with E-state index in [1.807, 2.05) is 37.3 Å². The number of aromatic nitrogens is 1. The van der Waals surface area contributed by atoms with Crippen LogP contribution < -0.4 is 0 Å². The van der Waals surface area contributed by atoms with E-state index in [1.165, 1.54) is 6.08 Å². The van der Waals surface area contributed by atoms with E-state index in [2.05, 4.69) is 4.98 Å². The Morgan fingerprint density at radius 3 is 2.55 bits per heavy atom. The van der Waals surface area contributed by atoms with Gasteiger partial charge in [-0.15, -0.1) is 0 Å². The molecule has 0 atom stereocenters. The summed E-state index contributed by atoms with van der Waals surface area (Å²) in [6.45, 7) is 5.28. The van der Waals surface area contributed by atoms with E-state index >= 15 is 0 Å². The standard InChI is InChI=1S/C17H21N3O2/c1-17(2,3)22-16(21)14(10-18)9-15(12-20(4)5)13-7-6-8-19-11-13/h6-9,11-12H,1-5H3/b14-9-,15-12+. The van der Waals surface area contributed by atoms with Crippen LogP contribution >= 0.6 is 0 Å². The Kier molecular flexibility index (Phi) is 5.88. The molecule has 0 saturated heterocycles. The van der Waals surface area contributed by atoms with Crippen molar-refractivity contribution in [2.24, 2.45) is 0 Å². The highest BCUT2D eigenvalue weighted by atomic mass is 16.6. The third-order valence-corrected chi connectivity index (χ3v) is 2.43. The molecule has 1 aromatic heterocycles. The molecule has 0 spiro atoms. The molecular weight excluding hydrogens is 278 g/mol. The number of hydrogen-bond acceptors (Lipinski definition) is 5. The van der Waals surface area contributed by atoms with Gasteiger partial charge in [-0.05, 0) is 32.9 Å². The van der Waals surface area contributed by atoms with Crippen molar-refractivity contribution in [1.29, 1.82) is 5.26 Å². The first-order valence-corrected chi connectivity index (χ1v) is 6.87. The predicted octanol–water partition coefficient (Wildman–Crippen LogP) is 2.78. The predicted molar refractivity (Wildman–Crippen MR) is 85.4 cm³/mol. The van der Waals surface area contributed by atoms with Crippen molar-refractivity contribution in [2.75, 3.05) is 14.1 Å². The lowest BCUT2D eigenvalue weighted by Gasteiger charge is -2.19. The largest absolute Gasteiger partial charge is 0.456 e. The van der Waals surface area contributed by atoms with Crippen LogP contribution in [0.5, 0.6) is 0 Å². The molecular formula is C17H21N3O2. The minimum Gasteiger partial charge on any atom is -0.456 e. The van der Waals surface area contributed by atoms with Gasteiger partial charge in [-0.1, -0.05) is 6.07 Å². The summed E-state index contributed by atoms with van der Waals surface area (Å²) in [5.74, 6) is -0.636. The molecule has 22 heavy (non-hydrogen) atoms. The van der Waals surface area contributed by atoms with Crippen LogP contribution in [0.1, 0.15) is 26.3 Å². The monoisotopic (exact) mass is 299 g/mol. The van der Waals surface area contributed by atoms with Crippen LogP contribution in [0, 0.1) is 11.3 Å². The Bertz CT molecular complexity index is 618. The molecule has 1 aromatic rings. The zero-order valence-corrected chi connectivity index (χ0v) is 13.6. The van der Waals surface area contributed by atoms with Crippen LogP contribution in [-0.4, -0.2) is 35.5 Å². The SMILES string of the molecule is CN(C)/C=C(\C=C(\C#N)C(=O)OC(C)(C)C)c1cccnc1. The Morgan fingerprint density at radius 1 is 1.41 bits per heavy atom. The number of nitriles is 1. The number of esters is 1. The smallest absolute Gasteiger partial charge is 0.349 e. The zero-order valence-electron chi connectivity index (χ0n) is 13.6. The van der Waals surface area contributed by atoms with E-state index in [0.717, 1.165) is 5.56 Å². The van der Waals surface area contributed by atoms with Gasteiger partial charge in [0.15, 0.2) is 0 Å². The summed E-state index contributed by atoms with van der Waals surface area (Å²) in [4.78, 5) is 18.0. The molecule has 0 aliphatic heterocycles. The van der Waals surface area contributed by atoms with Gasteiger partial charge in [-0.2, -0.15) is 5.26 Å². The summed E-state index contributed by atoms with van der Waals surface area (Å²) >= 11 is 0. The second kappa shape index (κ2) is 7.41. The summed E-state index contributed by atoms with van der Waals surface area (Å²) in [5.41, 5.74) is 0.826. The van der Waals surface area contributed by atoms with E-state index in [-0.39, 0.29) is 5.57 Å². The maximum Gasteiger partial charge on any atom is 0.349 e. The topological polar surface area (TPSA) is 66.2 Å². The summed E-state index contributed by atoms with van der Waals surface area (Å²) in [7, 11) is 3.73. The normalized spacial score (nSPS) is 12.5. The molecule has 5 nitrogen and oxygen atoms in total. The maximum absolute atomic E-state index is 12.1. The molecule has 0 aromatic carbocycles. The van der Waals surface area contributed by atoms with E-state index in [0.29, 0.717) is 5.57 Å².